The molecule has 0 radical (unpaired) electrons. The number of nitrogens with zero attached hydrogens (tertiary/aromatic N) is 3. The minimum absolute atomic E-state index is 0.0741. The third kappa shape index (κ3) is 6.27. The summed E-state index contributed by atoms with van der Waals surface area (Å²) in [5.74, 6) is 0. The first-order valence-electron chi connectivity index (χ1n) is 27.6. The summed E-state index contributed by atoms with van der Waals surface area (Å²) < 4.78 is 13.5. The van der Waals surface area contributed by atoms with Gasteiger partial charge in [-0.2, -0.15) is 0 Å². The largest absolute Gasteiger partial charge is 0.456 e. The van der Waals surface area contributed by atoms with Crippen LogP contribution in [-0.4, -0.2) is 12.3 Å². The second-order valence-electron chi connectivity index (χ2n) is 24.8. The molecule has 1 fully saturated rings. The first-order chi connectivity index (χ1) is 36.7. The van der Waals surface area contributed by atoms with Crippen LogP contribution in [0, 0.1) is 0 Å². The molecular formula is C70H62BN3O2. The van der Waals surface area contributed by atoms with Gasteiger partial charge in [-0.1, -0.05) is 171 Å². The van der Waals surface area contributed by atoms with E-state index in [0.717, 1.165) is 68.1 Å². The van der Waals surface area contributed by atoms with Crippen LogP contribution in [0.1, 0.15) is 97.8 Å². The molecule has 1 saturated carbocycles. The highest BCUT2D eigenvalue weighted by molar-refractivity contribution is 7.00. The second kappa shape index (κ2) is 15.8. The van der Waals surface area contributed by atoms with Crippen LogP contribution < -0.4 is 31.1 Å². The molecule has 0 saturated heterocycles. The lowest BCUT2D eigenvalue weighted by molar-refractivity contribution is 0.195. The minimum Gasteiger partial charge on any atom is -0.456 e. The first kappa shape index (κ1) is 45.4. The molecule has 76 heavy (non-hydrogen) atoms. The number of fused-ring (bicyclic) bond motifs is 13. The van der Waals surface area contributed by atoms with Crippen molar-refractivity contribution in [3.63, 3.8) is 0 Å². The van der Waals surface area contributed by atoms with Gasteiger partial charge in [0.15, 0.2) is 0 Å². The quantitative estimate of drug-likeness (QED) is 0.164. The van der Waals surface area contributed by atoms with E-state index in [0.29, 0.717) is 0 Å². The standard InChI is InChI=1S/C70H62BN3O2/c1-67(2,3)45-31-33-51-56(39-45)72(54-24-18-28-62-64(54)48-22-12-14-26-60(48)75-62)58-41-47(74-53-35-30-44(43-20-10-9-11-21-43)38-50(53)69(7)36-16-17-37-70(69,74)8)42-59-66(58)71(51)52-34-32-46(68(4,5)6)40-57(52)73(59)55-25-19-29-63-65(55)49-23-13-15-27-61(49)76-63/h9-15,18-35,38-42H,16-17,36-37H2,1-8H3. The summed E-state index contributed by atoms with van der Waals surface area (Å²) in [5.41, 5.74) is 23.0. The number of para-hydroxylation sites is 2. The van der Waals surface area contributed by atoms with Crippen molar-refractivity contribution in [3.8, 4) is 11.1 Å². The van der Waals surface area contributed by atoms with Crippen LogP contribution in [-0.2, 0) is 16.2 Å². The fourth-order valence-electron chi connectivity index (χ4n) is 14.4. The van der Waals surface area contributed by atoms with Crippen molar-refractivity contribution in [2.45, 2.75) is 103 Å². The molecule has 11 aromatic rings. The van der Waals surface area contributed by atoms with E-state index in [1.54, 1.807) is 0 Å². The van der Waals surface area contributed by atoms with Gasteiger partial charge in [-0.05, 0) is 148 Å². The highest BCUT2D eigenvalue weighted by atomic mass is 16.3. The van der Waals surface area contributed by atoms with Crippen LogP contribution in [0.5, 0.6) is 0 Å². The number of hydrogen-bond acceptors (Lipinski definition) is 5. The predicted molar refractivity (Wildman–Crippen MR) is 321 cm³/mol. The van der Waals surface area contributed by atoms with E-state index in [9.17, 15) is 0 Å². The minimum atomic E-state index is -0.224. The molecule has 9 aromatic carbocycles. The molecule has 0 N–H and O–H groups in total. The summed E-state index contributed by atoms with van der Waals surface area (Å²) in [5, 5.41) is 4.46. The maximum absolute atomic E-state index is 6.76. The normalized spacial score (nSPS) is 18.8. The lowest BCUT2D eigenvalue weighted by Gasteiger charge is -2.51. The fraction of sp³-hybridized carbons (Fsp3) is 0.229. The van der Waals surface area contributed by atoms with Crippen LogP contribution in [0.15, 0.2) is 191 Å². The average Bonchev–Trinajstić information content (AvgIpc) is 4.09. The number of furan rings is 2. The first-order valence-corrected chi connectivity index (χ1v) is 27.6. The molecule has 2 unspecified atom stereocenters. The average molecular weight is 988 g/mol. The molecule has 1 aliphatic carbocycles. The Labute approximate surface area is 446 Å². The molecule has 0 bridgehead atoms. The predicted octanol–water partition coefficient (Wildman–Crippen LogP) is 17.6. The lowest BCUT2D eigenvalue weighted by Crippen LogP contribution is -2.61. The van der Waals surface area contributed by atoms with Crippen molar-refractivity contribution in [3.05, 3.63) is 199 Å². The van der Waals surface area contributed by atoms with Gasteiger partial charge in [-0.15, -0.1) is 0 Å². The van der Waals surface area contributed by atoms with Gasteiger partial charge < -0.3 is 23.5 Å². The zero-order valence-corrected chi connectivity index (χ0v) is 44.9. The van der Waals surface area contributed by atoms with Gasteiger partial charge in [0.05, 0.1) is 27.7 Å². The van der Waals surface area contributed by atoms with Crippen molar-refractivity contribution in [1.29, 1.82) is 0 Å². The Morgan fingerprint density at radius 3 is 1.50 bits per heavy atom. The van der Waals surface area contributed by atoms with E-state index in [1.807, 2.05) is 0 Å². The van der Waals surface area contributed by atoms with Crippen molar-refractivity contribution >= 4 is 112 Å². The number of rotatable bonds is 4. The van der Waals surface area contributed by atoms with Crippen molar-refractivity contribution < 1.29 is 8.83 Å². The highest BCUT2D eigenvalue weighted by Crippen LogP contribution is 2.62. The third-order valence-corrected chi connectivity index (χ3v) is 18.5. The van der Waals surface area contributed by atoms with E-state index >= 15 is 0 Å². The molecule has 15 rings (SSSR count). The van der Waals surface area contributed by atoms with Crippen LogP contribution in [0.3, 0.4) is 0 Å². The van der Waals surface area contributed by atoms with Crippen LogP contribution in [0.25, 0.3) is 55.0 Å². The summed E-state index contributed by atoms with van der Waals surface area (Å²) in [7, 11) is 0. The topological polar surface area (TPSA) is 36.0 Å². The summed E-state index contributed by atoms with van der Waals surface area (Å²) in [4.78, 5) is 8.06. The van der Waals surface area contributed by atoms with Crippen LogP contribution in [0.4, 0.5) is 45.5 Å². The summed E-state index contributed by atoms with van der Waals surface area (Å²) in [6.45, 7) is 19.1. The molecule has 5 heterocycles. The molecule has 0 spiro atoms. The summed E-state index contributed by atoms with van der Waals surface area (Å²) >= 11 is 0. The van der Waals surface area contributed by atoms with E-state index < -0.39 is 0 Å². The van der Waals surface area contributed by atoms with Crippen LogP contribution in [0.2, 0.25) is 0 Å². The van der Waals surface area contributed by atoms with Gasteiger partial charge in [0.1, 0.15) is 22.3 Å². The van der Waals surface area contributed by atoms with Crippen molar-refractivity contribution in [2.75, 3.05) is 14.7 Å². The molecule has 3 aliphatic heterocycles. The SMILES string of the molecule is CC(C)(C)c1ccc2c(c1)N(c1cccc3oc4ccccc4c13)c1cc(N3c4ccc(-c5ccccc5)cc4C4(C)CCCCC34C)cc3c1B2c1ccc(C(C)(C)C)cc1N3c1cccc2oc3ccccc3c12. The van der Waals surface area contributed by atoms with Crippen molar-refractivity contribution in [1.82, 2.24) is 0 Å². The Bertz CT molecular complexity index is 4020. The number of hydrogen-bond donors (Lipinski definition) is 0. The Morgan fingerprint density at radius 2 is 0.947 bits per heavy atom. The smallest absolute Gasteiger partial charge is 0.252 e. The zero-order valence-electron chi connectivity index (χ0n) is 44.9. The molecular weight excluding hydrogens is 926 g/mol. The summed E-state index contributed by atoms with van der Waals surface area (Å²) in [6, 6.07) is 68.6. The maximum Gasteiger partial charge on any atom is 0.252 e. The van der Waals surface area contributed by atoms with Gasteiger partial charge in [0.2, 0.25) is 0 Å². The summed E-state index contributed by atoms with van der Waals surface area (Å²) in [6.07, 6.45) is 4.59. The molecule has 2 atom stereocenters. The monoisotopic (exact) mass is 987 g/mol. The van der Waals surface area contributed by atoms with Gasteiger partial charge in [0, 0.05) is 50.3 Å². The molecule has 372 valence electrons. The molecule has 4 aliphatic rings. The molecule has 5 nitrogen and oxygen atoms in total. The lowest BCUT2D eigenvalue weighted by atomic mass is 9.33. The van der Waals surface area contributed by atoms with Crippen LogP contribution >= 0.6 is 0 Å². The van der Waals surface area contributed by atoms with E-state index in [4.69, 9.17) is 8.83 Å². The Morgan fingerprint density at radius 1 is 0.434 bits per heavy atom. The number of benzene rings is 9. The van der Waals surface area contributed by atoms with Gasteiger partial charge >= 0.3 is 0 Å². The second-order valence-corrected chi connectivity index (χ2v) is 24.8. The zero-order chi connectivity index (χ0) is 51.6. The molecule has 2 aromatic heterocycles. The Hall–Kier alpha value is -7.96. The Balaban J connectivity index is 1.10. The van der Waals surface area contributed by atoms with Gasteiger partial charge in [0.25, 0.3) is 6.71 Å². The van der Waals surface area contributed by atoms with E-state index in [2.05, 4.69) is 252 Å². The van der Waals surface area contributed by atoms with Gasteiger partial charge in [-0.25, -0.2) is 0 Å². The number of anilines is 8. The highest BCUT2D eigenvalue weighted by Gasteiger charge is 2.58. The maximum atomic E-state index is 6.76. The molecule has 6 heteroatoms. The fourth-order valence-corrected chi connectivity index (χ4v) is 14.4. The van der Waals surface area contributed by atoms with Crippen molar-refractivity contribution in [2.24, 2.45) is 0 Å². The molecule has 0 amide bonds. The third-order valence-electron chi connectivity index (χ3n) is 18.5. The Kier molecular flexibility index (Phi) is 9.45. The van der Waals surface area contributed by atoms with E-state index in [-0.39, 0.29) is 28.5 Å². The van der Waals surface area contributed by atoms with Gasteiger partial charge in [-0.3, -0.25) is 0 Å². The van der Waals surface area contributed by atoms with E-state index in [1.165, 1.54) is 91.2 Å².